The van der Waals surface area contributed by atoms with Crippen molar-refractivity contribution in [2.75, 3.05) is 31.0 Å². The number of esters is 1. The van der Waals surface area contributed by atoms with Gasteiger partial charge in [0.05, 0.1) is 23.8 Å². The zero-order valence-electron chi connectivity index (χ0n) is 19.3. The topological polar surface area (TPSA) is 85.9 Å². The van der Waals surface area contributed by atoms with Crippen molar-refractivity contribution >= 4 is 39.2 Å². The van der Waals surface area contributed by atoms with Crippen LogP contribution in [0.2, 0.25) is 0 Å². The summed E-state index contributed by atoms with van der Waals surface area (Å²) in [6.45, 7) is 4.46. The molecule has 0 fully saturated rings. The summed E-state index contributed by atoms with van der Waals surface area (Å²) in [7, 11) is 1.55. The fraction of sp³-hybridized carbons (Fsp3) is 0.231. The number of methoxy groups -OCH3 is 1. The van der Waals surface area contributed by atoms with E-state index < -0.39 is 0 Å². The summed E-state index contributed by atoms with van der Waals surface area (Å²) in [5, 5.41) is 6.11. The molecule has 0 bridgehead atoms. The highest BCUT2D eigenvalue weighted by Gasteiger charge is 2.14. The van der Waals surface area contributed by atoms with Gasteiger partial charge in [0.2, 0.25) is 0 Å². The summed E-state index contributed by atoms with van der Waals surface area (Å²) in [6, 6.07) is 18.4. The second kappa shape index (κ2) is 12.1. The Hall–Kier alpha value is -3.52. The molecule has 8 heteroatoms. The Morgan fingerprint density at radius 1 is 0.971 bits per heavy atom. The summed E-state index contributed by atoms with van der Waals surface area (Å²) in [4.78, 5) is 24.1. The lowest BCUT2D eigenvalue weighted by molar-refractivity contribution is -0.118. The van der Waals surface area contributed by atoms with Crippen molar-refractivity contribution < 1.29 is 23.8 Å². The minimum atomic E-state index is -0.342. The lowest BCUT2D eigenvalue weighted by Crippen LogP contribution is -2.20. The zero-order chi connectivity index (χ0) is 24.5. The van der Waals surface area contributed by atoms with Crippen molar-refractivity contribution in [2.45, 2.75) is 20.4 Å². The van der Waals surface area contributed by atoms with Crippen molar-refractivity contribution in [3.63, 3.8) is 0 Å². The monoisotopic (exact) mass is 526 g/mol. The van der Waals surface area contributed by atoms with Crippen LogP contribution in [0.25, 0.3) is 0 Å². The van der Waals surface area contributed by atoms with Gasteiger partial charge in [-0.2, -0.15) is 0 Å². The lowest BCUT2D eigenvalue weighted by Gasteiger charge is -2.15. The molecule has 0 spiro atoms. The number of nitrogens with one attached hydrogen (secondary N) is 2. The molecule has 7 nitrogen and oxygen atoms in total. The predicted octanol–water partition coefficient (Wildman–Crippen LogP) is 5.57. The van der Waals surface area contributed by atoms with Crippen molar-refractivity contribution in [1.29, 1.82) is 0 Å². The van der Waals surface area contributed by atoms with Crippen molar-refractivity contribution in [3.05, 3.63) is 81.8 Å². The number of carbonyl (C=O) groups excluding carboxylic acids is 2. The maximum absolute atomic E-state index is 12.3. The molecule has 34 heavy (non-hydrogen) atoms. The minimum absolute atomic E-state index is 0.159. The summed E-state index contributed by atoms with van der Waals surface area (Å²) >= 11 is 3.51. The number of halogens is 1. The van der Waals surface area contributed by atoms with Crippen molar-refractivity contribution in [1.82, 2.24) is 0 Å². The van der Waals surface area contributed by atoms with E-state index in [1.54, 1.807) is 26.2 Å². The average Bonchev–Trinajstić information content (AvgIpc) is 2.83. The molecular weight excluding hydrogens is 500 g/mol. The summed E-state index contributed by atoms with van der Waals surface area (Å²) in [5.74, 6) is 0.344. The molecule has 3 rings (SSSR count). The highest BCUT2D eigenvalue weighted by atomic mass is 79.9. The van der Waals surface area contributed by atoms with E-state index in [1.807, 2.05) is 55.5 Å². The number of amides is 1. The standard InChI is InChI=1S/C26H27BrN2O5/c1-4-33-26(31)19-7-11-20(12-8-19)28-15-18-13-22(27)25(23(14-18)32-3)34-16-24(30)29-21-9-5-17(2)6-10-21/h5-14,28H,4,15-16H2,1-3H3,(H,29,30). The molecule has 0 aliphatic carbocycles. The number of carbonyl (C=O) groups is 2. The zero-order valence-corrected chi connectivity index (χ0v) is 20.9. The molecule has 0 aliphatic rings. The van der Waals surface area contributed by atoms with E-state index in [1.165, 1.54) is 0 Å². The van der Waals surface area contributed by atoms with Gasteiger partial charge in [0.15, 0.2) is 18.1 Å². The van der Waals surface area contributed by atoms with Gasteiger partial charge in [0.25, 0.3) is 5.91 Å². The lowest BCUT2D eigenvalue weighted by atomic mass is 10.1. The molecule has 0 heterocycles. The molecule has 1 amide bonds. The van der Waals surface area contributed by atoms with Crippen molar-refractivity contribution in [2.24, 2.45) is 0 Å². The summed E-state index contributed by atoms with van der Waals surface area (Å²) in [5.41, 5.74) is 4.13. The third-order valence-electron chi connectivity index (χ3n) is 4.86. The number of rotatable bonds is 10. The molecule has 3 aromatic rings. The van der Waals surface area contributed by atoms with Gasteiger partial charge < -0.3 is 24.8 Å². The quantitative estimate of drug-likeness (QED) is 0.335. The van der Waals surface area contributed by atoms with Crippen LogP contribution < -0.4 is 20.1 Å². The van der Waals surface area contributed by atoms with Crippen molar-refractivity contribution in [3.8, 4) is 11.5 Å². The summed E-state index contributed by atoms with van der Waals surface area (Å²) in [6.07, 6.45) is 0. The van der Waals surface area contributed by atoms with Gasteiger partial charge in [-0.3, -0.25) is 4.79 Å². The number of hydrogen-bond donors (Lipinski definition) is 2. The molecule has 0 saturated heterocycles. The van der Waals surface area contributed by atoms with Crippen LogP contribution in [0.4, 0.5) is 11.4 Å². The van der Waals surface area contributed by atoms with E-state index in [2.05, 4.69) is 26.6 Å². The molecule has 0 aliphatic heterocycles. The largest absolute Gasteiger partial charge is 0.493 e. The Morgan fingerprint density at radius 3 is 2.29 bits per heavy atom. The fourth-order valence-electron chi connectivity index (χ4n) is 3.13. The van der Waals surface area contributed by atoms with E-state index in [0.717, 1.165) is 16.8 Å². The van der Waals surface area contributed by atoms with E-state index in [-0.39, 0.29) is 18.5 Å². The summed E-state index contributed by atoms with van der Waals surface area (Å²) < 4.78 is 16.9. The van der Waals surface area contributed by atoms with Gasteiger partial charge in [-0.25, -0.2) is 4.79 Å². The van der Waals surface area contributed by atoms with Gasteiger partial charge in [-0.1, -0.05) is 17.7 Å². The van der Waals surface area contributed by atoms with Gasteiger partial charge >= 0.3 is 5.97 Å². The molecular formula is C26H27BrN2O5. The third kappa shape index (κ3) is 6.99. The van der Waals surface area contributed by atoms with Crippen LogP contribution in [-0.4, -0.2) is 32.2 Å². The Bertz CT molecular complexity index is 1130. The number of hydrogen-bond acceptors (Lipinski definition) is 6. The molecule has 3 aromatic carbocycles. The maximum Gasteiger partial charge on any atom is 0.338 e. The minimum Gasteiger partial charge on any atom is -0.493 e. The number of anilines is 2. The van der Waals surface area contributed by atoms with Gasteiger partial charge in [0, 0.05) is 17.9 Å². The first kappa shape index (κ1) is 25.1. The highest BCUT2D eigenvalue weighted by molar-refractivity contribution is 9.10. The van der Waals surface area contributed by atoms with Crippen LogP contribution in [0.5, 0.6) is 11.5 Å². The number of benzene rings is 3. The second-order valence-electron chi connectivity index (χ2n) is 7.46. The third-order valence-corrected chi connectivity index (χ3v) is 5.45. The molecule has 0 atom stereocenters. The van der Waals surface area contributed by atoms with Crippen LogP contribution >= 0.6 is 15.9 Å². The number of ether oxygens (including phenoxy) is 3. The van der Waals surface area contributed by atoms with E-state index in [4.69, 9.17) is 14.2 Å². The predicted molar refractivity (Wildman–Crippen MR) is 136 cm³/mol. The van der Waals surface area contributed by atoms with Crippen LogP contribution in [0.3, 0.4) is 0 Å². The maximum atomic E-state index is 12.3. The molecule has 178 valence electrons. The van der Waals surface area contributed by atoms with Gasteiger partial charge in [0.1, 0.15) is 0 Å². The molecule has 2 N–H and O–H groups in total. The first-order valence-corrected chi connectivity index (χ1v) is 11.6. The van der Waals surface area contributed by atoms with Crippen LogP contribution in [0.1, 0.15) is 28.4 Å². The van der Waals surface area contributed by atoms with Crippen LogP contribution in [0, 0.1) is 6.92 Å². The van der Waals surface area contributed by atoms with Crippen LogP contribution in [-0.2, 0) is 16.1 Å². The van der Waals surface area contributed by atoms with E-state index in [9.17, 15) is 9.59 Å². The Kier molecular flexibility index (Phi) is 8.93. The second-order valence-corrected chi connectivity index (χ2v) is 8.32. The smallest absolute Gasteiger partial charge is 0.338 e. The molecule has 0 saturated carbocycles. The van der Waals surface area contributed by atoms with E-state index in [0.29, 0.717) is 40.4 Å². The first-order chi connectivity index (χ1) is 16.4. The highest BCUT2D eigenvalue weighted by Crippen LogP contribution is 2.37. The molecule has 0 aromatic heterocycles. The SMILES string of the molecule is CCOC(=O)c1ccc(NCc2cc(Br)c(OCC(=O)Nc3ccc(C)cc3)c(OC)c2)cc1. The molecule has 0 unspecified atom stereocenters. The van der Waals surface area contributed by atoms with E-state index >= 15 is 0 Å². The Balaban J connectivity index is 1.59. The van der Waals surface area contributed by atoms with Gasteiger partial charge in [-0.05, 0) is 83.9 Å². The van der Waals surface area contributed by atoms with Gasteiger partial charge in [-0.15, -0.1) is 0 Å². The Labute approximate surface area is 207 Å². The fourth-order valence-corrected chi connectivity index (χ4v) is 3.73. The molecule has 0 radical (unpaired) electrons. The normalized spacial score (nSPS) is 10.4. The Morgan fingerprint density at radius 2 is 1.65 bits per heavy atom. The number of aryl methyl sites for hydroxylation is 1. The van der Waals surface area contributed by atoms with Crippen LogP contribution in [0.15, 0.2) is 65.1 Å². The average molecular weight is 527 g/mol. The first-order valence-electron chi connectivity index (χ1n) is 10.8.